The van der Waals surface area contributed by atoms with Crippen molar-refractivity contribution in [2.75, 3.05) is 12.9 Å². The number of benzene rings is 2. The fraction of sp³-hybridized carbons (Fsp3) is 0.409. The lowest BCUT2D eigenvalue weighted by Crippen LogP contribution is -2.67. The van der Waals surface area contributed by atoms with Gasteiger partial charge < -0.3 is 4.43 Å². The van der Waals surface area contributed by atoms with Crippen molar-refractivity contribution in [1.29, 1.82) is 0 Å². The van der Waals surface area contributed by atoms with Gasteiger partial charge in [-0.25, -0.2) is 0 Å². The molecule has 0 spiro atoms. The summed E-state index contributed by atoms with van der Waals surface area (Å²) in [6.07, 6.45) is 4.31. The molecule has 138 valence electrons. The van der Waals surface area contributed by atoms with Crippen LogP contribution in [0.5, 0.6) is 0 Å². The summed E-state index contributed by atoms with van der Waals surface area (Å²) < 4.78 is 6.97. The Morgan fingerprint density at radius 3 is 1.96 bits per heavy atom. The van der Waals surface area contributed by atoms with Crippen LogP contribution in [0.2, 0.25) is 5.04 Å². The summed E-state index contributed by atoms with van der Waals surface area (Å²) in [6, 6.07) is 22.0. The maximum absolute atomic E-state index is 6.97. The smallest absolute Gasteiger partial charge is 0.261 e. The molecule has 0 aliphatic carbocycles. The van der Waals surface area contributed by atoms with Gasteiger partial charge in [-0.15, -0.1) is 11.8 Å². The molecule has 0 saturated carbocycles. The minimum atomic E-state index is -2.43. The Kier molecular flexibility index (Phi) is 6.05. The Balaban J connectivity index is 2.02. The average Bonchev–Trinajstić information content (AvgIpc) is 3.11. The van der Waals surface area contributed by atoms with Gasteiger partial charge in [-0.05, 0) is 34.5 Å². The fourth-order valence-electron chi connectivity index (χ4n) is 3.88. The van der Waals surface area contributed by atoms with Gasteiger partial charge in [0.25, 0.3) is 8.32 Å². The maximum atomic E-state index is 6.97. The lowest BCUT2D eigenvalue weighted by Gasteiger charge is -2.43. The molecular formula is C22H29NOSSi. The average molecular weight is 384 g/mol. The minimum Gasteiger partial charge on any atom is -0.405 e. The fourth-order valence-corrected chi connectivity index (χ4v) is 9.06. The second-order valence-corrected chi connectivity index (χ2v) is 13.1. The van der Waals surface area contributed by atoms with E-state index < -0.39 is 8.32 Å². The molecular weight excluding hydrogens is 354 g/mol. The van der Waals surface area contributed by atoms with Gasteiger partial charge in [0.15, 0.2) is 0 Å². The molecule has 0 fully saturated rings. The Labute approximate surface area is 163 Å². The molecule has 26 heavy (non-hydrogen) atoms. The highest BCUT2D eigenvalue weighted by Gasteiger charge is 2.50. The molecule has 3 rings (SSSR count). The molecule has 2 nitrogen and oxygen atoms in total. The van der Waals surface area contributed by atoms with Gasteiger partial charge in [0.05, 0.1) is 17.7 Å². The van der Waals surface area contributed by atoms with Crippen molar-refractivity contribution < 1.29 is 4.43 Å². The summed E-state index contributed by atoms with van der Waals surface area (Å²) in [7, 11) is -2.43. The zero-order chi connectivity index (χ0) is 18.6. The van der Waals surface area contributed by atoms with Crippen LogP contribution in [0.15, 0.2) is 65.7 Å². The highest BCUT2D eigenvalue weighted by Crippen LogP contribution is 2.37. The normalized spacial score (nSPS) is 18.0. The van der Waals surface area contributed by atoms with Crippen LogP contribution in [0, 0.1) is 0 Å². The zero-order valence-electron chi connectivity index (χ0n) is 16.2. The molecule has 2 aromatic rings. The van der Waals surface area contributed by atoms with Gasteiger partial charge >= 0.3 is 0 Å². The van der Waals surface area contributed by atoms with E-state index in [9.17, 15) is 0 Å². The quantitative estimate of drug-likeness (QED) is 0.710. The molecule has 0 aromatic heterocycles. The first kappa shape index (κ1) is 19.4. The van der Waals surface area contributed by atoms with Crippen LogP contribution in [0.1, 0.15) is 33.6 Å². The van der Waals surface area contributed by atoms with Crippen LogP contribution in [0.25, 0.3) is 0 Å². The molecule has 4 heteroatoms. The molecule has 1 heterocycles. The van der Waals surface area contributed by atoms with Crippen LogP contribution >= 0.6 is 11.8 Å². The van der Waals surface area contributed by atoms with E-state index in [0.29, 0.717) is 12.6 Å². The van der Waals surface area contributed by atoms with E-state index >= 15 is 0 Å². The summed E-state index contributed by atoms with van der Waals surface area (Å²) in [4.78, 5) is 4.86. The van der Waals surface area contributed by atoms with Crippen molar-refractivity contribution in [3.8, 4) is 0 Å². The predicted octanol–water partition coefficient (Wildman–Crippen LogP) is 4.49. The van der Waals surface area contributed by atoms with E-state index in [1.54, 1.807) is 11.8 Å². The number of hydrogen-bond donors (Lipinski definition) is 0. The number of rotatable bonds is 5. The first-order valence-corrected chi connectivity index (χ1v) is 12.5. The molecule has 0 N–H and O–H groups in total. The van der Waals surface area contributed by atoms with Crippen LogP contribution in [-0.2, 0) is 4.43 Å². The van der Waals surface area contributed by atoms with Crippen molar-refractivity contribution in [2.24, 2.45) is 4.99 Å². The van der Waals surface area contributed by atoms with Crippen molar-refractivity contribution >= 4 is 35.5 Å². The van der Waals surface area contributed by atoms with Crippen molar-refractivity contribution in [3.63, 3.8) is 0 Å². The number of hydrogen-bond acceptors (Lipinski definition) is 3. The van der Waals surface area contributed by atoms with Crippen LogP contribution in [0.3, 0.4) is 0 Å². The first-order chi connectivity index (χ1) is 12.5. The summed E-state index contributed by atoms with van der Waals surface area (Å²) in [5.74, 6) is 0. The summed E-state index contributed by atoms with van der Waals surface area (Å²) in [6.45, 7) is 7.68. The van der Waals surface area contributed by atoms with E-state index in [-0.39, 0.29) is 5.04 Å². The zero-order valence-corrected chi connectivity index (χ0v) is 18.1. The summed E-state index contributed by atoms with van der Waals surface area (Å²) >= 11 is 1.77. The SMILES string of the molecule is CSC1=N[C@H](CO[Si](c2ccccc2)(c2ccccc2)C(C)(C)C)CC1. The van der Waals surface area contributed by atoms with Crippen LogP contribution in [-0.4, -0.2) is 32.3 Å². The number of aliphatic imine (C=N–C) groups is 1. The van der Waals surface area contributed by atoms with Crippen LogP contribution < -0.4 is 10.4 Å². The van der Waals surface area contributed by atoms with Crippen molar-refractivity contribution in [3.05, 3.63) is 60.7 Å². The van der Waals surface area contributed by atoms with Gasteiger partial charge in [0, 0.05) is 0 Å². The van der Waals surface area contributed by atoms with E-state index in [4.69, 9.17) is 9.42 Å². The summed E-state index contributed by atoms with van der Waals surface area (Å²) in [5, 5.41) is 3.97. The Hall–Kier alpha value is -1.36. The van der Waals surface area contributed by atoms with E-state index in [1.165, 1.54) is 15.4 Å². The molecule has 0 amide bonds. The van der Waals surface area contributed by atoms with Crippen molar-refractivity contribution in [2.45, 2.75) is 44.7 Å². The highest BCUT2D eigenvalue weighted by molar-refractivity contribution is 8.13. The second kappa shape index (κ2) is 8.11. The molecule has 1 atom stereocenters. The van der Waals surface area contributed by atoms with Gasteiger partial charge in [-0.2, -0.15) is 0 Å². The predicted molar refractivity (Wildman–Crippen MR) is 118 cm³/mol. The Morgan fingerprint density at radius 2 is 1.54 bits per heavy atom. The lowest BCUT2D eigenvalue weighted by molar-refractivity contribution is 0.272. The van der Waals surface area contributed by atoms with Gasteiger partial charge in [0.2, 0.25) is 0 Å². The Morgan fingerprint density at radius 1 is 1.00 bits per heavy atom. The Bertz CT molecular complexity index is 700. The van der Waals surface area contributed by atoms with Gasteiger partial charge in [-0.1, -0.05) is 81.4 Å². The molecule has 2 aromatic carbocycles. The third kappa shape index (κ3) is 3.82. The summed E-state index contributed by atoms with van der Waals surface area (Å²) in [5.41, 5.74) is 0. The van der Waals surface area contributed by atoms with Gasteiger partial charge in [-0.3, -0.25) is 4.99 Å². The monoisotopic (exact) mass is 383 g/mol. The molecule has 0 radical (unpaired) electrons. The number of nitrogens with zero attached hydrogens (tertiary/aromatic N) is 1. The molecule has 1 aliphatic rings. The van der Waals surface area contributed by atoms with E-state index in [1.807, 2.05) is 0 Å². The minimum absolute atomic E-state index is 0.0281. The van der Waals surface area contributed by atoms with Crippen molar-refractivity contribution in [1.82, 2.24) is 0 Å². The molecule has 1 aliphatic heterocycles. The molecule has 0 saturated heterocycles. The number of thioether (sulfide) groups is 1. The van der Waals surface area contributed by atoms with Crippen LogP contribution in [0.4, 0.5) is 0 Å². The highest BCUT2D eigenvalue weighted by atomic mass is 32.2. The third-order valence-electron chi connectivity index (χ3n) is 5.16. The molecule has 0 bridgehead atoms. The standard InChI is InChI=1S/C22H29NOSSi/c1-22(2,3)26(19-11-7-5-8-12-19,20-13-9-6-10-14-20)24-17-18-15-16-21(23-18)25-4/h5-14,18H,15-17H2,1-4H3/t18-/m0/s1. The van der Waals surface area contributed by atoms with Gasteiger partial charge in [0.1, 0.15) is 0 Å². The maximum Gasteiger partial charge on any atom is 0.261 e. The van der Waals surface area contributed by atoms with E-state index in [0.717, 1.165) is 12.8 Å². The lowest BCUT2D eigenvalue weighted by atomic mass is 10.2. The van der Waals surface area contributed by atoms with E-state index in [2.05, 4.69) is 87.7 Å². The topological polar surface area (TPSA) is 21.6 Å². The molecule has 0 unspecified atom stereocenters. The first-order valence-electron chi connectivity index (χ1n) is 9.33. The second-order valence-electron chi connectivity index (χ2n) is 7.89. The third-order valence-corrected chi connectivity index (χ3v) is 10.9. The largest absolute Gasteiger partial charge is 0.405 e.